The van der Waals surface area contributed by atoms with E-state index < -0.39 is 24.0 Å². The molecule has 178 valence electrons. The second kappa shape index (κ2) is 12.0. The molecule has 1 N–H and O–H groups in total. The van der Waals surface area contributed by atoms with Gasteiger partial charge >= 0.3 is 12.1 Å². The van der Waals surface area contributed by atoms with Crippen molar-refractivity contribution in [1.82, 2.24) is 5.32 Å². The molecular weight excluding hydrogens is 422 g/mol. The number of hydrogen-bond acceptors (Lipinski definition) is 6. The van der Waals surface area contributed by atoms with E-state index in [0.29, 0.717) is 5.75 Å². The van der Waals surface area contributed by atoms with Crippen LogP contribution in [0.4, 0.5) is 4.79 Å². The van der Waals surface area contributed by atoms with Crippen LogP contribution in [0.1, 0.15) is 45.2 Å². The number of esters is 1. The van der Waals surface area contributed by atoms with Crippen molar-refractivity contribution in [3.05, 3.63) is 65.7 Å². The fourth-order valence-corrected chi connectivity index (χ4v) is 3.16. The number of rotatable bonds is 10. The molecule has 1 amide bonds. The summed E-state index contributed by atoms with van der Waals surface area (Å²) in [5, 5.41) is 2.66. The molecule has 0 radical (unpaired) electrons. The first kappa shape index (κ1) is 25.9. The summed E-state index contributed by atoms with van der Waals surface area (Å²) < 4.78 is 15.8. The van der Waals surface area contributed by atoms with Gasteiger partial charge in [0.25, 0.3) is 0 Å². The number of amides is 1. The highest BCUT2D eigenvalue weighted by molar-refractivity contribution is 5.90. The van der Waals surface area contributed by atoms with Gasteiger partial charge in [-0.25, -0.2) is 4.79 Å². The number of Topliss-reactive ketones (excluding diaryl/α,β-unsaturated/α-hetero) is 1. The summed E-state index contributed by atoms with van der Waals surface area (Å²) in [6.07, 6.45) is -0.500. The molecule has 0 saturated heterocycles. The first-order valence-electron chi connectivity index (χ1n) is 10.9. The molecule has 33 heavy (non-hydrogen) atoms. The molecule has 0 aliphatic heterocycles. The highest BCUT2D eigenvalue weighted by Gasteiger charge is 2.26. The Kier molecular flexibility index (Phi) is 9.45. The molecule has 0 spiro atoms. The molecule has 7 nitrogen and oxygen atoms in total. The van der Waals surface area contributed by atoms with E-state index in [-0.39, 0.29) is 30.8 Å². The standard InChI is InChI=1S/C26H33NO6/c1-18(24(29)31-5)15-23(28)22(27-25(30)32-17-20-9-7-6-8-10-20)16-19-11-13-21(14-12-19)33-26(2,3)4/h6-14,18,22H,15-17H2,1-5H3,(H,27,30)/t18-,22+/m1/s1. The van der Waals surface area contributed by atoms with Gasteiger partial charge in [-0.05, 0) is 50.5 Å². The zero-order valence-corrected chi connectivity index (χ0v) is 19.9. The summed E-state index contributed by atoms with van der Waals surface area (Å²) >= 11 is 0. The van der Waals surface area contributed by atoms with E-state index in [1.165, 1.54) is 7.11 Å². The number of nitrogens with one attached hydrogen (secondary N) is 1. The summed E-state index contributed by atoms with van der Waals surface area (Å²) in [5.74, 6) is -0.657. The van der Waals surface area contributed by atoms with E-state index in [0.717, 1.165) is 11.1 Å². The lowest BCUT2D eigenvalue weighted by Gasteiger charge is -2.22. The molecular formula is C26H33NO6. The molecule has 7 heteroatoms. The number of hydrogen-bond donors (Lipinski definition) is 1. The van der Waals surface area contributed by atoms with E-state index in [1.807, 2.05) is 75.4 Å². The van der Waals surface area contributed by atoms with Gasteiger partial charge in [-0.15, -0.1) is 0 Å². The van der Waals surface area contributed by atoms with Gasteiger partial charge in [0.1, 0.15) is 18.0 Å². The molecule has 0 aliphatic rings. The third-order valence-electron chi connectivity index (χ3n) is 4.79. The molecule has 0 aliphatic carbocycles. The molecule has 2 atom stereocenters. The lowest BCUT2D eigenvalue weighted by molar-refractivity contribution is -0.146. The van der Waals surface area contributed by atoms with Gasteiger partial charge in [0.15, 0.2) is 5.78 Å². The van der Waals surface area contributed by atoms with E-state index in [4.69, 9.17) is 14.2 Å². The van der Waals surface area contributed by atoms with Gasteiger partial charge in [-0.1, -0.05) is 49.4 Å². The van der Waals surface area contributed by atoms with Crippen molar-refractivity contribution in [2.45, 2.75) is 58.8 Å². The Bertz CT molecular complexity index is 918. The Balaban J connectivity index is 2.08. The van der Waals surface area contributed by atoms with Crippen molar-refractivity contribution in [3.63, 3.8) is 0 Å². The van der Waals surface area contributed by atoms with Gasteiger partial charge in [-0.2, -0.15) is 0 Å². The topological polar surface area (TPSA) is 90.9 Å². The van der Waals surface area contributed by atoms with E-state index >= 15 is 0 Å². The van der Waals surface area contributed by atoms with E-state index in [9.17, 15) is 14.4 Å². The van der Waals surface area contributed by atoms with Crippen LogP contribution in [0.15, 0.2) is 54.6 Å². The summed E-state index contributed by atoms with van der Waals surface area (Å²) in [4.78, 5) is 37.1. The highest BCUT2D eigenvalue weighted by atomic mass is 16.5. The summed E-state index contributed by atoms with van der Waals surface area (Å²) in [6.45, 7) is 7.59. The first-order chi connectivity index (χ1) is 15.6. The molecule has 0 aromatic heterocycles. The Morgan fingerprint density at radius 1 is 0.939 bits per heavy atom. The molecule has 2 aromatic carbocycles. The fourth-order valence-electron chi connectivity index (χ4n) is 3.16. The minimum absolute atomic E-state index is 0.0540. The number of carbonyl (C=O) groups excluding carboxylic acids is 3. The molecule has 2 rings (SSSR count). The second-order valence-corrected chi connectivity index (χ2v) is 8.92. The molecule has 2 aromatic rings. The molecule has 0 heterocycles. The van der Waals surface area contributed by atoms with E-state index in [1.54, 1.807) is 6.92 Å². The molecule has 0 bridgehead atoms. The van der Waals surface area contributed by atoms with Gasteiger partial charge in [0.05, 0.1) is 19.1 Å². The minimum Gasteiger partial charge on any atom is -0.488 e. The van der Waals surface area contributed by atoms with Gasteiger partial charge in [-0.3, -0.25) is 9.59 Å². The van der Waals surface area contributed by atoms with Crippen molar-refractivity contribution in [2.75, 3.05) is 7.11 Å². The quantitative estimate of drug-likeness (QED) is 0.532. The maximum absolute atomic E-state index is 12.9. The number of alkyl carbamates (subject to hydrolysis) is 1. The monoisotopic (exact) mass is 455 g/mol. The van der Waals surface area contributed by atoms with Crippen LogP contribution in [-0.2, 0) is 32.1 Å². The molecule has 0 saturated carbocycles. The number of methoxy groups -OCH3 is 1. The third-order valence-corrected chi connectivity index (χ3v) is 4.79. The minimum atomic E-state index is -0.852. The first-order valence-corrected chi connectivity index (χ1v) is 10.9. The largest absolute Gasteiger partial charge is 0.488 e. The van der Waals surface area contributed by atoms with Crippen LogP contribution in [0.5, 0.6) is 5.75 Å². The van der Waals surface area contributed by atoms with Crippen LogP contribution >= 0.6 is 0 Å². The predicted octanol–water partition coefficient (Wildman–Crippen LogP) is 4.47. The van der Waals surface area contributed by atoms with Gasteiger partial charge in [0.2, 0.25) is 0 Å². The molecule has 0 fully saturated rings. The van der Waals surface area contributed by atoms with Crippen molar-refractivity contribution in [3.8, 4) is 5.75 Å². The molecule has 0 unspecified atom stereocenters. The highest BCUT2D eigenvalue weighted by Crippen LogP contribution is 2.20. The Morgan fingerprint density at radius 3 is 2.15 bits per heavy atom. The van der Waals surface area contributed by atoms with Crippen LogP contribution in [-0.4, -0.2) is 36.6 Å². The lowest BCUT2D eigenvalue weighted by atomic mass is 9.95. The summed E-state index contributed by atoms with van der Waals surface area (Å²) in [5.41, 5.74) is 1.35. The van der Waals surface area contributed by atoms with Crippen LogP contribution in [0.3, 0.4) is 0 Å². The average molecular weight is 456 g/mol. The van der Waals surface area contributed by atoms with Crippen molar-refractivity contribution in [2.24, 2.45) is 5.92 Å². The summed E-state index contributed by atoms with van der Waals surface area (Å²) in [7, 11) is 1.28. The van der Waals surface area contributed by atoms with Crippen LogP contribution in [0, 0.1) is 5.92 Å². The third kappa shape index (κ3) is 9.35. The Hall–Kier alpha value is -3.35. The van der Waals surface area contributed by atoms with Crippen LogP contribution in [0.2, 0.25) is 0 Å². The average Bonchev–Trinajstić information content (AvgIpc) is 2.77. The number of ether oxygens (including phenoxy) is 3. The normalized spacial score (nSPS) is 12.9. The fraction of sp³-hybridized carbons (Fsp3) is 0.423. The maximum Gasteiger partial charge on any atom is 0.408 e. The Morgan fingerprint density at radius 2 is 1.58 bits per heavy atom. The predicted molar refractivity (Wildman–Crippen MR) is 125 cm³/mol. The number of benzene rings is 2. The maximum atomic E-state index is 12.9. The zero-order valence-electron chi connectivity index (χ0n) is 19.9. The van der Waals surface area contributed by atoms with Crippen LogP contribution < -0.4 is 10.1 Å². The number of carbonyl (C=O) groups is 3. The summed E-state index contributed by atoms with van der Waals surface area (Å²) in [6, 6.07) is 15.8. The van der Waals surface area contributed by atoms with Crippen molar-refractivity contribution in [1.29, 1.82) is 0 Å². The Labute approximate surface area is 195 Å². The van der Waals surface area contributed by atoms with Gasteiger partial charge in [0, 0.05) is 6.42 Å². The van der Waals surface area contributed by atoms with Crippen molar-refractivity contribution >= 4 is 17.8 Å². The van der Waals surface area contributed by atoms with Gasteiger partial charge < -0.3 is 19.5 Å². The van der Waals surface area contributed by atoms with Crippen LogP contribution in [0.25, 0.3) is 0 Å². The van der Waals surface area contributed by atoms with E-state index in [2.05, 4.69) is 5.32 Å². The number of ketones is 1. The second-order valence-electron chi connectivity index (χ2n) is 8.92. The smallest absolute Gasteiger partial charge is 0.408 e. The zero-order chi connectivity index (χ0) is 24.4. The van der Waals surface area contributed by atoms with Crippen molar-refractivity contribution < 1.29 is 28.6 Å². The lowest BCUT2D eigenvalue weighted by Crippen LogP contribution is -2.43. The SMILES string of the molecule is COC(=O)[C@H](C)CC(=O)[C@H](Cc1ccc(OC(C)(C)C)cc1)NC(=O)OCc1ccccc1.